The van der Waals surface area contributed by atoms with Gasteiger partial charge >= 0.3 is 143 Å². The molecule has 0 aliphatic carbocycles. The molecule has 5 nitrogen and oxygen atoms in total. The molecule has 548 valence electrons. The minimum absolute atomic E-state index is 0.571. The zero-order valence-electron chi connectivity index (χ0n) is 41.6. The van der Waals surface area contributed by atoms with Gasteiger partial charge in [-0.25, -0.2) is 0 Å². The maximum atomic E-state index is 14.3. The summed E-state index contributed by atoms with van der Waals surface area (Å²) < 4.78 is 698. The highest BCUT2D eigenvalue weighted by Crippen LogP contribution is 2.71. The smallest absolute Gasteiger partial charge is 0.390 e. The molecular weight excluding hydrogens is 1460 g/mol. The van der Waals surface area contributed by atoms with Crippen LogP contribution in [0.2, 0.25) is 0 Å². The van der Waals surface area contributed by atoms with Crippen LogP contribution in [0.15, 0.2) is 0 Å². The van der Waals surface area contributed by atoms with Gasteiger partial charge in [-0.1, -0.05) is 0 Å². The van der Waals surface area contributed by atoms with E-state index in [9.17, 15) is 230 Å². The summed E-state index contributed by atoms with van der Waals surface area (Å²) >= 11 is 0. The third kappa shape index (κ3) is 12.6. The highest BCUT2D eigenvalue weighted by atomic mass is 19.5. The summed E-state index contributed by atoms with van der Waals surface area (Å²) in [4.78, 5) is 0. The first-order valence-electron chi connectivity index (χ1n) is 21.4. The van der Waals surface area contributed by atoms with E-state index in [1.807, 2.05) is 0 Å². The van der Waals surface area contributed by atoms with Gasteiger partial charge in [0.25, 0.3) is 0 Å². The second-order valence-electron chi connectivity index (χ2n) is 18.4. The van der Waals surface area contributed by atoms with E-state index in [2.05, 4.69) is 9.47 Å². The summed E-state index contributed by atoms with van der Waals surface area (Å²) in [6, 6.07) is 0. The Hall–Kier alpha value is -3.70. The van der Waals surface area contributed by atoms with Crippen molar-refractivity contribution in [2.24, 2.45) is 0 Å². The Morgan fingerprint density at radius 1 is 0.209 bits per heavy atom. The molecule has 0 rings (SSSR count). The average molecular weight is 1490 g/mol. The molecule has 4 unspecified atom stereocenters. The minimum Gasteiger partial charge on any atom is -0.390 e. The minimum atomic E-state index is -9.90. The van der Waals surface area contributed by atoms with Gasteiger partial charge in [-0.05, 0) is 13.8 Å². The number of rotatable bonds is 34. The molecule has 0 aliphatic heterocycles. The van der Waals surface area contributed by atoms with E-state index >= 15 is 0 Å². The predicted octanol–water partition coefficient (Wildman–Crippen LogP) is 16.4. The lowest BCUT2D eigenvalue weighted by Crippen LogP contribution is -2.78. The number of aliphatic hydroxyl groups is 2. The zero-order chi connectivity index (χ0) is 74.7. The molecule has 0 bridgehead atoms. The summed E-state index contributed by atoms with van der Waals surface area (Å²) in [6.07, 6.45) is -35.4. The molecule has 2 N–H and O–H groups in total. The number of ether oxygens (including phenoxy) is 3. The molecule has 55 heteroatoms. The highest BCUT2D eigenvalue weighted by molar-refractivity contribution is 5.22. The summed E-state index contributed by atoms with van der Waals surface area (Å²) in [5.74, 6) is -204. The first-order valence-corrected chi connectivity index (χ1v) is 21.4. The third-order valence-electron chi connectivity index (χ3n) is 11.5. The lowest BCUT2D eigenvalue weighted by molar-refractivity contribution is -0.482. The van der Waals surface area contributed by atoms with Crippen molar-refractivity contribution >= 4 is 0 Å². The van der Waals surface area contributed by atoms with E-state index in [0.29, 0.717) is 13.8 Å². The molecule has 0 radical (unpaired) electrons. The molecule has 91 heavy (non-hydrogen) atoms. The molecule has 0 aromatic heterocycles. The van der Waals surface area contributed by atoms with Crippen LogP contribution in [-0.4, -0.2) is 204 Å². The fourth-order valence-electron chi connectivity index (χ4n) is 6.15. The van der Waals surface area contributed by atoms with Gasteiger partial charge < -0.3 is 24.4 Å². The molecule has 0 saturated heterocycles. The molecule has 0 spiro atoms. The molecule has 0 heterocycles. The Morgan fingerprint density at radius 3 is 0.484 bits per heavy atom. The van der Waals surface area contributed by atoms with Gasteiger partial charge in [0.15, 0.2) is 0 Å². The SMILES string of the molecule is CC(COCC(O)CC(F)(F)C(F)(F)C(F)(F)C(F)(F)C(F)(F)C(F)(F)C(F)(F)C(F)(F)C(F)(F)C(F)(F)C(F)(F)C(F)(F)F)OC(C)COCC(O)CC(F)(F)C(F)(F)C(F)(F)C(F)(F)C(F)(F)C(F)(F)C(F)(F)C(F)(F)C(F)(F)C(F)(F)C(F)(F)C(F)(F)F. The van der Waals surface area contributed by atoms with E-state index in [0.717, 1.165) is 0 Å². The van der Waals surface area contributed by atoms with E-state index in [1.54, 1.807) is 0 Å². The Labute approximate surface area is 465 Å². The van der Waals surface area contributed by atoms with Crippen molar-refractivity contribution in [3.05, 3.63) is 0 Å². The van der Waals surface area contributed by atoms with Crippen LogP contribution in [0.3, 0.4) is 0 Å². The summed E-state index contributed by atoms with van der Waals surface area (Å²) in [6.45, 7) is -6.17. The fraction of sp³-hybridized carbons (Fsp3) is 1.00. The van der Waals surface area contributed by atoms with Gasteiger partial charge in [-0.15, -0.1) is 0 Å². The topological polar surface area (TPSA) is 68.2 Å². The second-order valence-corrected chi connectivity index (χ2v) is 18.4. The van der Waals surface area contributed by atoms with Gasteiger partial charge in [-0.3, -0.25) is 0 Å². The lowest BCUT2D eigenvalue weighted by atomic mass is 9.84. The van der Waals surface area contributed by atoms with Crippen molar-refractivity contribution < 1.29 is 244 Å². The molecule has 0 fully saturated rings. The van der Waals surface area contributed by atoms with Crippen LogP contribution in [0.4, 0.5) is 220 Å². The maximum Gasteiger partial charge on any atom is 0.460 e. The molecular formula is C36H24F50O5. The Balaban J connectivity index is 6.28. The van der Waals surface area contributed by atoms with Crippen LogP contribution in [0, 0.1) is 0 Å². The lowest BCUT2D eigenvalue weighted by Gasteiger charge is -2.45. The number of hydrogen-bond acceptors (Lipinski definition) is 5. The Kier molecular flexibility index (Phi) is 23.2. The van der Waals surface area contributed by atoms with Crippen LogP contribution >= 0.6 is 0 Å². The van der Waals surface area contributed by atoms with Crippen molar-refractivity contribution in [2.75, 3.05) is 26.4 Å². The fourth-order valence-corrected chi connectivity index (χ4v) is 6.15. The van der Waals surface area contributed by atoms with Crippen LogP contribution in [0.25, 0.3) is 0 Å². The molecule has 4 atom stereocenters. The monoisotopic (exact) mass is 1490 g/mol. The van der Waals surface area contributed by atoms with E-state index in [1.165, 1.54) is 0 Å². The Bertz CT molecular complexity index is 2270. The molecule has 0 aliphatic rings. The van der Waals surface area contributed by atoms with E-state index < -0.39 is 206 Å². The number of hydrogen-bond donors (Lipinski definition) is 2. The normalized spacial score (nSPS) is 18.0. The Morgan fingerprint density at radius 2 is 0.341 bits per heavy atom. The quantitative estimate of drug-likeness (QED) is 0.0629. The van der Waals surface area contributed by atoms with Crippen molar-refractivity contribution in [1.29, 1.82) is 0 Å². The number of halogens is 50. The van der Waals surface area contributed by atoms with Crippen LogP contribution in [0.1, 0.15) is 26.7 Å². The first kappa shape index (κ1) is 87.3. The van der Waals surface area contributed by atoms with Crippen molar-refractivity contribution in [2.45, 2.75) is 194 Å². The van der Waals surface area contributed by atoms with Crippen LogP contribution < -0.4 is 0 Å². The van der Waals surface area contributed by atoms with Crippen LogP contribution in [-0.2, 0) is 14.2 Å². The van der Waals surface area contributed by atoms with Crippen molar-refractivity contribution in [3.8, 4) is 0 Å². The summed E-state index contributed by atoms with van der Waals surface area (Å²) in [5.41, 5.74) is 0. The van der Waals surface area contributed by atoms with Gasteiger partial charge in [0.1, 0.15) is 0 Å². The first-order chi connectivity index (χ1) is 38.8. The molecule has 0 aromatic carbocycles. The number of alkyl halides is 50. The standard InChI is InChI=1S/C36H24F50O5/c1-9(5-89-7-11(87)3-13(37,38)15(41,42)17(45,46)19(49,50)21(53,54)23(57,58)25(61,62)27(65,66)29(69,70)31(73,74)33(77,78)35(81,82)83)91-10(2)6-90-8-12(88)4-14(39,40)16(43,44)18(47,48)20(51,52)22(55,56)24(59,60)26(63,64)28(67,68)30(71,72)32(75,76)34(79,80)36(84,85)86/h9-12,87-88H,3-8H2,1-2H3. The maximum absolute atomic E-state index is 14.3. The van der Waals surface area contributed by atoms with E-state index in [4.69, 9.17) is 4.74 Å². The molecule has 0 saturated carbocycles. The van der Waals surface area contributed by atoms with E-state index in [-0.39, 0.29) is 0 Å². The van der Waals surface area contributed by atoms with Crippen molar-refractivity contribution in [3.63, 3.8) is 0 Å². The highest BCUT2D eigenvalue weighted by Gasteiger charge is 3.02. The summed E-state index contributed by atoms with van der Waals surface area (Å²) in [7, 11) is 0. The molecule has 0 aromatic rings. The van der Waals surface area contributed by atoms with Gasteiger partial charge in [0.2, 0.25) is 0 Å². The van der Waals surface area contributed by atoms with Gasteiger partial charge in [-0.2, -0.15) is 220 Å². The molecule has 0 amide bonds. The third-order valence-corrected chi connectivity index (χ3v) is 11.5. The predicted molar refractivity (Wildman–Crippen MR) is 184 cm³/mol. The van der Waals surface area contributed by atoms with Crippen molar-refractivity contribution in [1.82, 2.24) is 0 Å². The van der Waals surface area contributed by atoms with Gasteiger partial charge in [0.05, 0.1) is 50.8 Å². The van der Waals surface area contributed by atoms with Gasteiger partial charge in [0, 0.05) is 12.8 Å². The largest absolute Gasteiger partial charge is 0.460 e. The zero-order valence-corrected chi connectivity index (χ0v) is 41.6. The average Bonchev–Trinajstić information content (AvgIpc) is 0.693. The van der Waals surface area contributed by atoms with Crippen LogP contribution in [0.5, 0.6) is 0 Å². The second kappa shape index (κ2) is 24.1. The summed E-state index contributed by atoms with van der Waals surface area (Å²) in [5, 5.41) is 19.0. The number of aliphatic hydroxyl groups excluding tert-OH is 2.